The first-order valence-electron chi connectivity index (χ1n) is 8.15. The minimum atomic E-state index is -0.426. The molecule has 0 aliphatic carbocycles. The second kappa shape index (κ2) is 7.01. The zero-order valence-electron chi connectivity index (χ0n) is 14.0. The number of hydrogen-bond donors (Lipinski definition) is 1. The number of fused-ring (bicyclic) bond motifs is 1. The monoisotopic (exact) mass is 376 g/mol. The van der Waals surface area contributed by atoms with E-state index in [0.29, 0.717) is 33.3 Å². The molecule has 0 fully saturated rings. The molecule has 0 aliphatic rings. The number of rotatable bonds is 4. The summed E-state index contributed by atoms with van der Waals surface area (Å²) in [7, 11) is 0. The SMILES string of the molecule is O=[N+]([O-])c1ccc2nc(Nc3ccccc3Cl)nc(-c3ccccc3)c2c1. The van der Waals surface area contributed by atoms with Crippen molar-refractivity contribution in [2.45, 2.75) is 0 Å². The molecule has 0 radical (unpaired) electrons. The summed E-state index contributed by atoms with van der Waals surface area (Å²) in [5.41, 5.74) is 2.73. The molecule has 4 aromatic rings. The Kier molecular flexibility index (Phi) is 4.40. The topological polar surface area (TPSA) is 81.0 Å². The highest BCUT2D eigenvalue weighted by Gasteiger charge is 2.14. The number of benzene rings is 3. The molecular weight excluding hydrogens is 364 g/mol. The summed E-state index contributed by atoms with van der Waals surface area (Å²) in [6.07, 6.45) is 0. The molecule has 1 heterocycles. The van der Waals surface area contributed by atoms with Gasteiger partial charge in [0.15, 0.2) is 0 Å². The van der Waals surface area contributed by atoms with Crippen molar-refractivity contribution in [3.05, 3.63) is 87.9 Å². The number of nitro groups is 1. The van der Waals surface area contributed by atoms with E-state index in [2.05, 4.69) is 15.3 Å². The number of halogens is 1. The van der Waals surface area contributed by atoms with Crippen molar-refractivity contribution in [1.29, 1.82) is 0 Å². The molecule has 7 heteroatoms. The van der Waals surface area contributed by atoms with Gasteiger partial charge in [0, 0.05) is 23.1 Å². The standard InChI is InChI=1S/C20H13ClN4O2/c21-16-8-4-5-9-18(16)23-20-22-17-11-10-14(25(26)27)12-15(17)19(24-20)13-6-2-1-3-7-13/h1-12H,(H,22,23,24). The average molecular weight is 377 g/mol. The molecule has 0 spiro atoms. The number of para-hydroxylation sites is 1. The lowest BCUT2D eigenvalue weighted by molar-refractivity contribution is -0.384. The molecule has 6 nitrogen and oxygen atoms in total. The number of non-ortho nitro benzene ring substituents is 1. The van der Waals surface area contributed by atoms with Gasteiger partial charge in [-0.25, -0.2) is 9.97 Å². The van der Waals surface area contributed by atoms with Crippen LogP contribution < -0.4 is 5.32 Å². The Bertz CT molecular complexity index is 1150. The first-order chi connectivity index (χ1) is 13.1. The van der Waals surface area contributed by atoms with Crippen LogP contribution in [0.15, 0.2) is 72.8 Å². The molecule has 4 rings (SSSR count). The van der Waals surface area contributed by atoms with Crippen LogP contribution in [0.4, 0.5) is 17.3 Å². The fraction of sp³-hybridized carbons (Fsp3) is 0. The highest BCUT2D eigenvalue weighted by molar-refractivity contribution is 6.33. The number of hydrogen-bond acceptors (Lipinski definition) is 5. The molecule has 1 aromatic heterocycles. The van der Waals surface area contributed by atoms with Crippen LogP contribution in [0, 0.1) is 10.1 Å². The van der Waals surface area contributed by atoms with E-state index < -0.39 is 4.92 Å². The van der Waals surface area contributed by atoms with E-state index in [9.17, 15) is 10.1 Å². The third-order valence-corrected chi connectivity index (χ3v) is 4.39. The molecule has 3 aromatic carbocycles. The van der Waals surface area contributed by atoms with E-state index in [1.54, 1.807) is 12.1 Å². The summed E-state index contributed by atoms with van der Waals surface area (Å²) in [4.78, 5) is 19.8. The van der Waals surface area contributed by atoms with E-state index in [0.717, 1.165) is 5.56 Å². The lowest BCUT2D eigenvalue weighted by Gasteiger charge is -2.11. The fourth-order valence-electron chi connectivity index (χ4n) is 2.78. The molecule has 0 atom stereocenters. The van der Waals surface area contributed by atoms with E-state index in [4.69, 9.17) is 11.6 Å². The molecule has 0 unspecified atom stereocenters. The smallest absolute Gasteiger partial charge is 0.270 e. The van der Waals surface area contributed by atoms with Crippen LogP contribution in [0.3, 0.4) is 0 Å². The first-order valence-corrected chi connectivity index (χ1v) is 8.53. The number of nitro benzene ring substituents is 1. The quantitative estimate of drug-likeness (QED) is 0.370. The molecule has 0 bridgehead atoms. The van der Waals surface area contributed by atoms with Gasteiger partial charge in [-0.15, -0.1) is 0 Å². The number of anilines is 2. The van der Waals surface area contributed by atoms with Gasteiger partial charge < -0.3 is 5.32 Å². The van der Waals surface area contributed by atoms with Crippen LogP contribution in [0.5, 0.6) is 0 Å². The zero-order chi connectivity index (χ0) is 18.8. The molecule has 132 valence electrons. The van der Waals surface area contributed by atoms with Crippen molar-refractivity contribution in [3.63, 3.8) is 0 Å². The maximum Gasteiger partial charge on any atom is 0.270 e. The third-order valence-electron chi connectivity index (χ3n) is 4.06. The molecular formula is C20H13ClN4O2. The van der Waals surface area contributed by atoms with E-state index in [-0.39, 0.29) is 5.69 Å². The summed E-state index contributed by atoms with van der Waals surface area (Å²) < 4.78 is 0. The number of nitrogens with one attached hydrogen (secondary N) is 1. The summed E-state index contributed by atoms with van der Waals surface area (Å²) in [5, 5.41) is 15.5. The fourth-order valence-corrected chi connectivity index (χ4v) is 2.97. The predicted octanol–water partition coefficient (Wildman–Crippen LogP) is 5.60. The van der Waals surface area contributed by atoms with E-state index in [1.165, 1.54) is 12.1 Å². The molecule has 0 aliphatic heterocycles. The first kappa shape index (κ1) is 16.9. The van der Waals surface area contributed by atoms with Crippen LogP contribution in [0.25, 0.3) is 22.2 Å². The Morgan fingerprint density at radius 1 is 0.926 bits per heavy atom. The van der Waals surface area contributed by atoms with Gasteiger partial charge in [0.25, 0.3) is 5.69 Å². The van der Waals surface area contributed by atoms with Crippen molar-refractivity contribution in [1.82, 2.24) is 9.97 Å². The van der Waals surface area contributed by atoms with Crippen molar-refractivity contribution < 1.29 is 4.92 Å². The van der Waals surface area contributed by atoms with Crippen molar-refractivity contribution in [3.8, 4) is 11.3 Å². The van der Waals surface area contributed by atoms with Gasteiger partial charge in [-0.1, -0.05) is 54.1 Å². The molecule has 0 amide bonds. The van der Waals surface area contributed by atoms with E-state index in [1.807, 2.05) is 48.5 Å². The van der Waals surface area contributed by atoms with Gasteiger partial charge in [-0.3, -0.25) is 10.1 Å². The molecule has 0 saturated heterocycles. The lowest BCUT2D eigenvalue weighted by Crippen LogP contribution is -2.01. The molecule has 1 N–H and O–H groups in total. The highest BCUT2D eigenvalue weighted by atomic mass is 35.5. The van der Waals surface area contributed by atoms with Gasteiger partial charge in [0.2, 0.25) is 5.95 Å². The summed E-state index contributed by atoms with van der Waals surface area (Å²) >= 11 is 6.21. The summed E-state index contributed by atoms with van der Waals surface area (Å²) in [6.45, 7) is 0. The zero-order valence-corrected chi connectivity index (χ0v) is 14.7. The lowest BCUT2D eigenvalue weighted by atomic mass is 10.1. The van der Waals surface area contributed by atoms with Gasteiger partial charge in [0.1, 0.15) is 0 Å². The molecule has 0 saturated carbocycles. The van der Waals surface area contributed by atoms with Crippen LogP contribution in [0.2, 0.25) is 5.02 Å². The van der Waals surface area contributed by atoms with Crippen LogP contribution >= 0.6 is 11.6 Å². The number of nitrogens with zero attached hydrogens (tertiary/aromatic N) is 3. The highest BCUT2D eigenvalue weighted by Crippen LogP contribution is 2.31. The van der Waals surface area contributed by atoms with Crippen LogP contribution in [-0.2, 0) is 0 Å². The van der Waals surface area contributed by atoms with Crippen molar-refractivity contribution in [2.24, 2.45) is 0 Å². The van der Waals surface area contributed by atoms with Crippen LogP contribution in [-0.4, -0.2) is 14.9 Å². The molecule has 27 heavy (non-hydrogen) atoms. The van der Waals surface area contributed by atoms with Gasteiger partial charge in [-0.2, -0.15) is 0 Å². The minimum absolute atomic E-state index is 0.00454. The maximum absolute atomic E-state index is 11.2. The van der Waals surface area contributed by atoms with Gasteiger partial charge in [0.05, 0.1) is 26.8 Å². The van der Waals surface area contributed by atoms with Gasteiger partial charge >= 0.3 is 0 Å². The maximum atomic E-state index is 11.2. The summed E-state index contributed by atoms with van der Waals surface area (Å²) in [5.74, 6) is 0.364. The van der Waals surface area contributed by atoms with Crippen molar-refractivity contribution in [2.75, 3.05) is 5.32 Å². The summed E-state index contributed by atoms with van der Waals surface area (Å²) in [6, 6.07) is 21.3. The Hall–Kier alpha value is -3.51. The normalized spacial score (nSPS) is 10.7. The predicted molar refractivity (Wildman–Crippen MR) is 106 cm³/mol. The third kappa shape index (κ3) is 3.43. The van der Waals surface area contributed by atoms with Crippen LogP contribution in [0.1, 0.15) is 0 Å². The second-order valence-corrected chi connectivity index (χ2v) is 6.23. The number of aromatic nitrogens is 2. The average Bonchev–Trinajstić information content (AvgIpc) is 2.69. The van der Waals surface area contributed by atoms with Crippen molar-refractivity contribution >= 4 is 39.8 Å². The Labute approximate surface area is 159 Å². The Morgan fingerprint density at radius 2 is 1.67 bits per heavy atom. The van der Waals surface area contributed by atoms with E-state index >= 15 is 0 Å². The Balaban J connectivity index is 1.91. The minimum Gasteiger partial charge on any atom is -0.323 e. The Morgan fingerprint density at radius 3 is 2.41 bits per heavy atom. The second-order valence-electron chi connectivity index (χ2n) is 5.83. The van der Waals surface area contributed by atoms with Gasteiger partial charge in [-0.05, 0) is 18.2 Å². The largest absolute Gasteiger partial charge is 0.323 e.